The monoisotopic (exact) mass is 418 g/mol. The SMILES string of the molecule is CCC(C)NC(=NC)NCCC(=O)NCc1ccccc1.I. The molecule has 1 rings (SSSR count). The topological polar surface area (TPSA) is 65.5 Å². The molecule has 6 heteroatoms. The lowest BCUT2D eigenvalue weighted by Crippen LogP contribution is -2.43. The first kappa shape index (κ1) is 20.7. The molecular weight excluding hydrogens is 391 g/mol. The zero-order valence-electron chi connectivity index (χ0n) is 13.6. The first-order valence-electron chi connectivity index (χ1n) is 7.43. The minimum Gasteiger partial charge on any atom is -0.356 e. The van der Waals surface area contributed by atoms with Crippen LogP contribution in [-0.4, -0.2) is 31.5 Å². The van der Waals surface area contributed by atoms with Crippen LogP contribution >= 0.6 is 24.0 Å². The minimum atomic E-state index is 0. The van der Waals surface area contributed by atoms with Crippen LogP contribution in [0, 0.1) is 0 Å². The molecule has 1 atom stereocenters. The largest absolute Gasteiger partial charge is 0.356 e. The Balaban J connectivity index is 0.00000441. The van der Waals surface area contributed by atoms with E-state index < -0.39 is 0 Å². The lowest BCUT2D eigenvalue weighted by molar-refractivity contribution is -0.121. The van der Waals surface area contributed by atoms with E-state index in [1.54, 1.807) is 7.05 Å². The predicted octanol–water partition coefficient (Wildman–Crippen LogP) is 2.27. The van der Waals surface area contributed by atoms with E-state index in [9.17, 15) is 4.79 Å². The van der Waals surface area contributed by atoms with Crippen LogP contribution in [0.2, 0.25) is 0 Å². The number of aliphatic imine (C=N–C) groups is 1. The van der Waals surface area contributed by atoms with Gasteiger partial charge >= 0.3 is 0 Å². The van der Waals surface area contributed by atoms with Crippen molar-refractivity contribution in [1.29, 1.82) is 0 Å². The lowest BCUT2D eigenvalue weighted by atomic mass is 10.2. The average molecular weight is 418 g/mol. The van der Waals surface area contributed by atoms with Gasteiger partial charge in [-0.3, -0.25) is 9.79 Å². The van der Waals surface area contributed by atoms with E-state index in [0.29, 0.717) is 25.6 Å². The summed E-state index contributed by atoms with van der Waals surface area (Å²) in [5, 5.41) is 9.30. The molecule has 1 amide bonds. The van der Waals surface area contributed by atoms with Crippen molar-refractivity contribution >= 4 is 35.8 Å². The van der Waals surface area contributed by atoms with Gasteiger partial charge in [-0.2, -0.15) is 0 Å². The van der Waals surface area contributed by atoms with Crippen molar-refractivity contribution in [3.63, 3.8) is 0 Å². The zero-order valence-corrected chi connectivity index (χ0v) is 15.9. The standard InChI is InChI=1S/C16H26N4O.HI/c1-4-13(2)20-16(17-3)18-11-10-15(21)19-12-14-8-6-5-7-9-14;/h5-9,13H,4,10-12H2,1-3H3,(H,19,21)(H2,17,18,20);1H. The fourth-order valence-corrected chi connectivity index (χ4v) is 1.71. The Bertz CT molecular complexity index is 451. The van der Waals surface area contributed by atoms with E-state index in [-0.39, 0.29) is 29.9 Å². The molecule has 3 N–H and O–H groups in total. The summed E-state index contributed by atoms with van der Waals surface area (Å²) in [5.41, 5.74) is 1.10. The van der Waals surface area contributed by atoms with E-state index in [1.807, 2.05) is 30.3 Å². The maximum absolute atomic E-state index is 11.8. The number of rotatable bonds is 7. The normalized spacial score (nSPS) is 12.0. The van der Waals surface area contributed by atoms with Crippen molar-refractivity contribution in [3.8, 4) is 0 Å². The molecule has 0 heterocycles. The van der Waals surface area contributed by atoms with Gasteiger partial charge in [-0.1, -0.05) is 37.3 Å². The highest BCUT2D eigenvalue weighted by molar-refractivity contribution is 14.0. The molecule has 0 spiro atoms. The third-order valence-corrected chi connectivity index (χ3v) is 3.20. The highest BCUT2D eigenvalue weighted by Gasteiger charge is 2.04. The van der Waals surface area contributed by atoms with Crippen molar-refractivity contribution in [3.05, 3.63) is 35.9 Å². The number of carbonyl (C=O) groups excluding carboxylic acids is 1. The number of guanidine groups is 1. The molecule has 0 aliphatic heterocycles. The number of benzene rings is 1. The molecule has 22 heavy (non-hydrogen) atoms. The fraction of sp³-hybridized carbons (Fsp3) is 0.500. The Morgan fingerprint density at radius 2 is 1.91 bits per heavy atom. The van der Waals surface area contributed by atoms with E-state index >= 15 is 0 Å². The second-order valence-electron chi connectivity index (χ2n) is 4.96. The van der Waals surface area contributed by atoms with Crippen LogP contribution in [0.1, 0.15) is 32.3 Å². The van der Waals surface area contributed by atoms with Gasteiger partial charge in [-0.15, -0.1) is 24.0 Å². The quantitative estimate of drug-likeness (QED) is 0.362. The molecule has 0 fully saturated rings. The van der Waals surface area contributed by atoms with Crippen LogP contribution in [-0.2, 0) is 11.3 Å². The van der Waals surface area contributed by atoms with Crippen LogP contribution in [0.5, 0.6) is 0 Å². The molecule has 124 valence electrons. The van der Waals surface area contributed by atoms with Crippen molar-refractivity contribution in [2.24, 2.45) is 4.99 Å². The summed E-state index contributed by atoms with van der Waals surface area (Å²) in [6.07, 6.45) is 1.45. The van der Waals surface area contributed by atoms with E-state index in [2.05, 4.69) is 34.8 Å². The predicted molar refractivity (Wildman–Crippen MR) is 103 cm³/mol. The number of halogens is 1. The van der Waals surface area contributed by atoms with E-state index in [4.69, 9.17) is 0 Å². The zero-order chi connectivity index (χ0) is 15.5. The number of hydrogen-bond donors (Lipinski definition) is 3. The first-order chi connectivity index (χ1) is 10.2. The van der Waals surface area contributed by atoms with Crippen molar-refractivity contribution < 1.29 is 4.79 Å². The number of amides is 1. The van der Waals surface area contributed by atoms with Gasteiger partial charge in [-0.25, -0.2) is 0 Å². The number of nitrogens with zero attached hydrogens (tertiary/aromatic N) is 1. The highest BCUT2D eigenvalue weighted by atomic mass is 127. The molecule has 0 saturated carbocycles. The van der Waals surface area contributed by atoms with Crippen molar-refractivity contribution in [2.45, 2.75) is 39.3 Å². The number of carbonyl (C=O) groups is 1. The molecule has 0 saturated heterocycles. The maximum atomic E-state index is 11.8. The fourth-order valence-electron chi connectivity index (χ4n) is 1.71. The van der Waals surface area contributed by atoms with E-state index in [1.165, 1.54) is 0 Å². The van der Waals surface area contributed by atoms with Crippen molar-refractivity contribution in [2.75, 3.05) is 13.6 Å². The van der Waals surface area contributed by atoms with Crippen LogP contribution in [0.4, 0.5) is 0 Å². The van der Waals surface area contributed by atoms with Gasteiger partial charge in [0.1, 0.15) is 0 Å². The van der Waals surface area contributed by atoms with Crippen molar-refractivity contribution in [1.82, 2.24) is 16.0 Å². The first-order valence-corrected chi connectivity index (χ1v) is 7.43. The summed E-state index contributed by atoms with van der Waals surface area (Å²) < 4.78 is 0. The Labute approximate surface area is 150 Å². The molecule has 1 aromatic carbocycles. The molecular formula is C16H27IN4O. The van der Waals surface area contributed by atoms with Crippen LogP contribution in [0.3, 0.4) is 0 Å². The molecule has 0 radical (unpaired) electrons. The molecule has 1 unspecified atom stereocenters. The number of hydrogen-bond acceptors (Lipinski definition) is 2. The molecule has 0 aliphatic carbocycles. The highest BCUT2D eigenvalue weighted by Crippen LogP contribution is 1.97. The Kier molecular flexibility index (Phi) is 11.5. The van der Waals surface area contributed by atoms with Gasteiger partial charge in [0.15, 0.2) is 5.96 Å². The second kappa shape index (κ2) is 12.3. The molecule has 0 aromatic heterocycles. The maximum Gasteiger partial charge on any atom is 0.222 e. The summed E-state index contributed by atoms with van der Waals surface area (Å²) in [4.78, 5) is 15.9. The van der Waals surface area contributed by atoms with Gasteiger partial charge < -0.3 is 16.0 Å². The smallest absolute Gasteiger partial charge is 0.222 e. The minimum absolute atomic E-state index is 0. The molecule has 5 nitrogen and oxygen atoms in total. The van der Waals surface area contributed by atoms with Gasteiger partial charge in [0.05, 0.1) is 0 Å². The summed E-state index contributed by atoms with van der Waals surface area (Å²) in [7, 11) is 1.73. The van der Waals surface area contributed by atoms with Gasteiger partial charge in [0, 0.05) is 32.6 Å². The number of nitrogens with one attached hydrogen (secondary N) is 3. The Hall–Kier alpha value is -1.31. The Morgan fingerprint density at radius 3 is 2.50 bits per heavy atom. The summed E-state index contributed by atoms with van der Waals surface area (Å²) in [6, 6.07) is 10.3. The molecule has 1 aromatic rings. The third kappa shape index (κ3) is 8.86. The van der Waals surface area contributed by atoms with Gasteiger partial charge in [0.25, 0.3) is 0 Å². The van der Waals surface area contributed by atoms with Crippen LogP contribution in [0.25, 0.3) is 0 Å². The molecule has 0 bridgehead atoms. The second-order valence-corrected chi connectivity index (χ2v) is 4.96. The summed E-state index contributed by atoms with van der Waals surface area (Å²) in [6.45, 7) is 5.34. The summed E-state index contributed by atoms with van der Waals surface area (Å²) >= 11 is 0. The van der Waals surface area contributed by atoms with Crippen LogP contribution < -0.4 is 16.0 Å². The lowest BCUT2D eigenvalue weighted by Gasteiger charge is -2.16. The average Bonchev–Trinajstić information content (AvgIpc) is 2.52. The van der Waals surface area contributed by atoms with Gasteiger partial charge in [-0.05, 0) is 18.9 Å². The van der Waals surface area contributed by atoms with Gasteiger partial charge in [0.2, 0.25) is 5.91 Å². The Morgan fingerprint density at radius 1 is 1.23 bits per heavy atom. The van der Waals surface area contributed by atoms with E-state index in [0.717, 1.165) is 17.9 Å². The third-order valence-electron chi connectivity index (χ3n) is 3.20. The van der Waals surface area contributed by atoms with Crippen LogP contribution in [0.15, 0.2) is 35.3 Å². The molecule has 0 aliphatic rings. The summed E-state index contributed by atoms with van der Waals surface area (Å²) in [5.74, 6) is 0.769.